The lowest BCUT2D eigenvalue weighted by atomic mass is 10.1. The Kier molecular flexibility index (Phi) is 6.48. The fourth-order valence-electron chi connectivity index (χ4n) is 2.87. The maximum atomic E-state index is 12.7. The Morgan fingerprint density at radius 1 is 1.16 bits per heavy atom. The summed E-state index contributed by atoms with van der Waals surface area (Å²) >= 11 is 16.7. The smallest absolute Gasteiger partial charge is 0.337 e. The van der Waals surface area contributed by atoms with E-state index in [2.05, 4.69) is 20.9 Å². The minimum absolute atomic E-state index is 0.0131. The lowest BCUT2D eigenvalue weighted by Gasteiger charge is -2.07. The molecular weight excluding hydrogens is 539 g/mol. The molecule has 0 radical (unpaired) electrons. The second-order valence-corrected chi connectivity index (χ2v) is 9.35. The molecule has 0 atom stereocenters. The maximum Gasteiger partial charge on any atom is 0.337 e. The second kappa shape index (κ2) is 9.15. The molecule has 32 heavy (non-hydrogen) atoms. The van der Waals surface area contributed by atoms with E-state index in [1.54, 1.807) is 49.5 Å². The number of amidine groups is 1. The van der Waals surface area contributed by atoms with Crippen LogP contribution in [0.3, 0.4) is 0 Å². The Labute approximate surface area is 205 Å². The number of carboxylic acid groups (broad SMARTS) is 1. The van der Waals surface area contributed by atoms with Gasteiger partial charge in [-0.05, 0) is 70.2 Å². The van der Waals surface area contributed by atoms with Crippen LogP contribution < -0.4 is 0 Å². The Balaban J connectivity index is 1.58. The molecule has 4 rings (SSSR count). The summed E-state index contributed by atoms with van der Waals surface area (Å²) in [4.78, 5) is 30.2. The van der Waals surface area contributed by atoms with Gasteiger partial charge in [-0.3, -0.25) is 9.69 Å². The zero-order valence-electron chi connectivity index (χ0n) is 16.3. The molecule has 1 amide bonds. The Hall–Kier alpha value is -2.52. The summed E-state index contributed by atoms with van der Waals surface area (Å²) in [5.41, 5.74) is 1.27. The van der Waals surface area contributed by atoms with Crippen LogP contribution in [0.25, 0.3) is 17.4 Å². The molecule has 0 aliphatic carbocycles. The van der Waals surface area contributed by atoms with Crippen LogP contribution in [0.15, 0.2) is 67.3 Å². The summed E-state index contributed by atoms with van der Waals surface area (Å²) in [7, 11) is 1.65. The molecule has 162 valence electrons. The molecule has 0 bridgehead atoms. The first-order chi connectivity index (χ1) is 15.2. The molecular formula is C22H13BrCl2N2O4S. The fraction of sp³-hybridized carbons (Fsp3) is 0.0455. The van der Waals surface area contributed by atoms with Crippen molar-refractivity contribution < 1.29 is 19.1 Å². The molecule has 1 aliphatic rings. The van der Waals surface area contributed by atoms with E-state index in [0.717, 1.165) is 4.47 Å². The summed E-state index contributed by atoms with van der Waals surface area (Å²) < 4.78 is 6.59. The first-order valence-corrected chi connectivity index (χ1v) is 11.4. The lowest BCUT2D eigenvalue weighted by molar-refractivity contribution is -0.121. The number of aliphatic imine (C=N–C) groups is 1. The van der Waals surface area contributed by atoms with Crippen molar-refractivity contribution in [2.45, 2.75) is 0 Å². The molecule has 1 fully saturated rings. The molecule has 0 spiro atoms. The monoisotopic (exact) mass is 550 g/mol. The number of rotatable bonds is 4. The van der Waals surface area contributed by atoms with Crippen LogP contribution in [-0.2, 0) is 4.79 Å². The predicted octanol–water partition coefficient (Wildman–Crippen LogP) is 6.95. The summed E-state index contributed by atoms with van der Waals surface area (Å²) in [5.74, 6) is -0.340. The number of benzene rings is 2. The van der Waals surface area contributed by atoms with Gasteiger partial charge in [0.1, 0.15) is 11.5 Å². The standard InChI is InChI=1S/C22H13BrCl2N2O4S/c1-27-20(28)19(32-22(27)26-12-3-6-15(23)17(25)9-12)10-13-4-7-18(31-13)11-2-5-14(21(29)30)16(24)8-11/h2-10H,1H3,(H,29,30)/b19-10-,26-22?. The summed E-state index contributed by atoms with van der Waals surface area (Å²) in [6.45, 7) is 0. The quantitative estimate of drug-likeness (QED) is 0.355. The number of furan rings is 1. The van der Waals surface area contributed by atoms with Crippen LogP contribution in [0, 0.1) is 0 Å². The summed E-state index contributed by atoms with van der Waals surface area (Å²) in [6, 6.07) is 13.3. The molecule has 1 aliphatic heterocycles. The number of likely N-dealkylation sites (N-methyl/N-ethyl adjacent to an activating group) is 1. The van der Waals surface area contributed by atoms with Crippen molar-refractivity contribution in [2.75, 3.05) is 7.05 Å². The van der Waals surface area contributed by atoms with Gasteiger partial charge in [0.05, 0.1) is 26.2 Å². The van der Waals surface area contributed by atoms with Crippen molar-refractivity contribution in [1.29, 1.82) is 0 Å². The van der Waals surface area contributed by atoms with Gasteiger partial charge in [-0.25, -0.2) is 9.79 Å². The number of hydrogen-bond acceptors (Lipinski definition) is 5. The van der Waals surface area contributed by atoms with Crippen LogP contribution in [-0.4, -0.2) is 34.1 Å². The van der Waals surface area contributed by atoms with Crippen molar-refractivity contribution in [3.8, 4) is 11.3 Å². The fourth-order valence-corrected chi connectivity index (χ4v) is 4.52. The average molecular weight is 552 g/mol. The molecule has 10 heteroatoms. The van der Waals surface area contributed by atoms with E-state index >= 15 is 0 Å². The average Bonchev–Trinajstić information content (AvgIpc) is 3.31. The van der Waals surface area contributed by atoms with Gasteiger partial charge in [0.25, 0.3) is 5.91 Å². The number of carbonyl (C=O) groups is 2. The third-order valence-corrected chi connectivity index (χ3v) is 7.12. The normalized spacial score (nSPS) is 16.4. The van der Waals surface area contributed by atoms with E-state index < -0.39 is 5.97 Å². The topological polar surface area (TPSA) is 83.1 Å². The van der Waals surface area contributed by atoms with Gasteiger partial charge in [-0.2, -0.15) is 0 Å². The van der Waals surface area contributed by atoms with Gasteiger partial charge in [0.2, 0.25) is 0 Å². The maximum absolute atomic E-state index is 12.7. The Morgan fingerprint density at radius 3 is 2.62 bits per heavy atom. The van der Waals surface area contributed by atoms with Crippen molar-refractivity contribution in [2.24, 2.45) is 4.99 Å². The highest BCUT2D eigenvalue weighted by Gasteiger charge is 2.30. The molecule has 2 aromatic carbocycles. The SMILES string of the molecule is CN1C(=O)/C(=C/c2ccc(-c3ccc(C(=O)O)c(Cl)c3)o2)SC1=Nc1ccc(Br)c(Cl)c1. The zero-order chi connectivity index (χ0) is 23.0. The highest BCUT2D eigenvalue weighted by molar-refractivity contribution is 9.10. The zero-order valence-corrected chi connectivity index (χ0v) is 20.2. The van der Waals surface area contributed by atoms with Crippen LogP contribution in [0.2, 0.25) is 10.0 Å². The molecule has 6 nitrogen and oxygen atoms in total. The number of nitrogens with zero attached hydrogens (tertiary/aromatic N) is 2. The van der Waals surface area contributed by atoms with Gasteiger partial charge < -0.3 is 9.52 Å². The van der Waals surface area contributed by atoms with Crippen LogP contribution in [0.5, 0.6) is 0 Å². The van der Waals surface area contributed by atoms with Crippen molar-refractivity contribution in [3.05, 3.63) is 79.3 Å². The number of hydrogen-bond donors (Lipinski definition) is 1. The number of thioether (sulfide) groups is 1. The van der Waals surface area contributed by atoms with Crippen LogP contribution in [0.1, 0.15) is 16.1 Å². The molecule has 2 heterocycles. The summed E-state index contributed by atoms with van der Waals surface area (Å²) in [6.07, 6.45) is 1.64. The second-order valence-electron chi connectivity index (χ2n) is 6.67. The van der Waals surface area contributed by atoms with Crippen LogP contribution in [0.4, 0.5) is 5.69 Å². The van der Waals surface area contributed by atoms with Gasteiger partial charge in [0.15, 0.2) is 5.17 Å². The van der Waals surface area contributed by atoms with Crippen molar-refractivity contribution in [1.82, 2.24) is 4.90 Å². The molecule has 1 aromatic heterocycles. The summed E-state index contributed by atoms with van der Waals surface area (Å²) in [5, 5.41) is 10.3. The number of amides is 1. The first-order valence-electron chi connectivity index (χ1n) is 9.07. The van der Waals surface area contributed by atoms with E-state index in [1.165, 1.54) is 28.8 Å². The van der Waals surface area contributed by atoms with Gasteiger partial charge in [-0.1, -0.05) is 29.3 Å². The number of carboxylic acids is 1. The number of aromatic carboxylic acids is 1. The van der Waals surface area contributed by atoms with Gasteiger partial charge in [0, 0.05) is 23.2 Å². The predicted molar refractivity (Wildman–Crippen MR) is 131 cm³/mol. The van der Waals surface area contributed by atoms with Crippen molar-refractivity contribution >= 4 is 79.7 Å². The number of carbonyl (C=O) groups excluding carboxylic acids is 1. The molecule has 0 unspecified atom stereocenters. The Bertz CT molecular complexity index is 1320. The third-order valence-electron chi connectivity index (χ3n) is 4.52. The highest BCUT2D eigenvalue weighted by Crippen LogP contribution is 2.35. The largest absolute Gasteiger partial charge is 0.478 e. The molecule has 1 N–H and O–H groups in total. The third kappa shape index (κ3) is 4.63. The van der Waals surface area contributed by atoms with E-state index in [1.807, 2.05) is 0 Å². The van der Waals surface area contributed by atoms with E-state index in [9.17, 15) is 9.59 Å². The highest BCUT2D eigenvalue weighted by atomic mass is 79.9. The van der Waals surface area contributed by atoms with Crippen LogP contribution >= 0.6 is 50.9 Å². The van der Waals surface area contributed by atoms with E-state index in [4.69, 9.17) is 32.7 Å². The number of halogens is 3. The van der Waals surface area contributed by atoms with Gasteiger partial charge >= 0.3 is 5.97 Å². The minimum atomic E-state index is -1.10. The van der Waals surface area contributed by atoms with Gasteiger partial charge in [-0.15, -0.1) is 0 Å². The lowest BCUT2D eigenvalue weighted by Crippen LogP contribution is -2.23. The minimum Gasteiger partial charge on any atom is -0.478 e. The van der Waals surface area contributed by atoms with E-state index in [-0.39, 0.29) is 16.5 Å². The molecule has 3 aromatic rings. The molecule has 1 saturated heterocycles. The molecule has 0 saturated carbocycles. The van der Waals surface area contributed by atoms with E-state index in [0.29, 0.717) is 37.9 Å². The first kappa shape index (κ1) is 22.7. The Morgan fingerprint density at radius 2 is 1.94 bits per heavy atom. The van der Waals surface area contributed by atoms with Crippen molar-refractivity contribution in [3.63, 3.8) is 0 Å².